The smallest absolute Gasteiger partial charge is 0.262 e. The molecular weight excluding hydrogens is 320 g/mol. The molecule has 1 aliphatic heterocycles. The third-order valence-electron chi connectivity index (χ3n) is 3.06. The van der Waals surface area contributed by atoms with Gasteiger partial charge < -0.3 is 10.1 Å². The number of rotatable bonds is 4. The summed E-state index contributed by atoms with van der Waals surface area (Å²) in [6.45, 7) is 1.21. The first-order chi connectivity index (χ1) is 9.69. The van der Waals surface area contributed by atoms with Gasteiger partial charge >= 0.3 is 0 Å². The Hall–Kier alpha value is -1.64. The van der Waals surface area contributed by atoms with Crippen LogP contribution in [0.25, 0.3) is 6.08 Å². The predicted molar refractivity (Wildman–Crippen MR) is 79.7 cm³/mol. The van der Waals surface area contributed by atoms with E-state index in [1.165, 1.54) is 0 Å². The molecule has 1 amide bonds. The van der Waals surface area contributed by atoms with Crippen molar-refractivity contribution in [2.75, 3.05) is 13.2 Å². The molecule has 2 rings (SSSR count). The number of nitrogens with zero attached hydrogens (tertiary/aromatic N) is 1. The largest absolute Gasteiger partial charge is 0.376 e. The Morgan fingerprint density at radius 1 is 1.50 bits per heavy atom. The van der Waals surface area contributed by atoms with E-state index in [-0.39, 0.29) is 17.6 Å². The van der Waals surface area contributed by atoms with Crippen LogP contribution in [0.4, 0.5) is 0 Å². The van der Waals surface area contributed by atoms with E-state index in [1.54, 1.807) is 6.08 Å². The molecule has 1 N–H and O–H groups in total. The lowest BCUT2D eigenvalue weighted by Gasteiger charge is -2.10. The topological polar surface area (TPSA) is 62.1 Å². The van der Waals surface area contributed by atoms with E-state index in [2.05, 4.69) is 21.2 Å². The number of benzene rings is 1. The van der Waals surface area contributed by atoms with Gasteiger partial charge in [-0.25, -0.2) is 0 Å². The minimum Gasteiger partial charge on any atom is -0.376 e. The molecule has 0 saturated carbocycles. The molecule has 4 nitrogen and oxygen atoms in total. The molecule has 0 aromatic heterocycles. The fraction of sp³-hybridized carbons (Fsp3) is 0.333. The minimum absolute atomic E-state index is 0.0755. The van der Waals surface area contributed by atoms with Crippen LogP contribution in [0.3, 0.4) is 0 Å². The van der Waals surface area contributed by atoms with Crippen LogP contribution in [0.1, 0.15) is 18.4 Å². The first kappa shape index (κ1) is 14.8. The summed E-state index contributed by atoms with van der Waals surface area (Å²) in [5.41, 5.74) is 0.919. The van der Waals surface area contributed by atoms with Crippen LogP contribution in [0.2, 0.25) is 0 Å². The maximum absolute atomic E-state index is 11.9. The number of nitrogens with one attached hydrogen (secondary N) is 1. The zero-order chi connectivity index (χ0) is 14.4. The molecule has 0 radical (unpaired) electrons. The summed E-state index contributed by atoms with van der Waals surface area (Å²) in [4.78, 5) is 11.9. The van der Waals surface area contributed by atoms with Gasteiger partial charge in [0.15, 0.2) is 0 Å². The highest BCUT2D eigenvalue weighted by Crippen LogP contribution is 2.14. The highest BCUT2D eigenvalue weighted by molar-refractivity contribution is 9.10. The van der Waals surface area contributed by atoms with Crippen molar-refractivity contribution in [3.63, 3.8) is 0 Å². The Balaban J connectivity index is 1.97. The maximum Gasteiger partial charge on any atom is 0.262 e. The average molecular weight is 335 g/mol. The molecule has 20 heavy (non-hydrogen) atoms. The molecule has 0 bridgehead atoms. The van der Waals surface area contributed by atoms with Crippen LogP contribution < -0.4 is 5.32 Å². The summed E-state index contributed by atoms with van der Waals surface area (Å²) in [5, 5.41) is 11.8. The van der Waals surface area contributed by atoms with E-state index in [1.807, 2.05) is 30.3 Å². The highest BCUT2D eigenvalue weighted by Gasteiger charge is 2.17. The second-order valence-electron chi connectivity index (χ2n) is 4.57. The minimum atomic E-state index is -0.356. The fourth-order valence-electron chi connectivity index (χ4n) is 1.98. The summed E-state index contributed by atoms with van der Waals surface area (Å²) in [7, 11) is 0. The molecule has 1 aliphatic rings. The fourth-order valence-corrected chi connectivity index (χ4v) is 2.25. The average Bonchev–Trinajstić information content (AvgIpc) is 2.97. The summed E-state index contributed by atoms with van der Waals surface area (Å²) >= 11 is 3.34. The molecule has 1 atom stereocenters. The van der Waals surface area contributed by atoms with Gasteiger partial charge in [-0.1, -0.05) is 28.1 Å². The Morgan fingerprint density at radius 3 is 2.85 bits per heavy atom. The zero-order valence-corrected chi connectivity index (χ0v) is 12.5. The van der Waals surface area contributed by atoms with E-state index in [0.29, 0.717) is 6.54 Å². The van der Waals surface area contributed by atoms with Crippen molar-refractivity contribution < 1.29 is 9.53 Å². The van der Waals surface area contributed by atoms with Gasteiger partial charge in [-0.3, -0.25) is 4.79 Å². The normalized spacial score (nSPS) is 18.6. The van der Waals surface area contributed by atoms with Crippen molar-refractivity contribution in [2.45, 2.75) is 18.9 Å². The third kappa shape index (κ3) is 4.19. The molecule has 1 saturated heterocycles. The number of hydrogen-bond acceptors (Lipinski definition) is 3. The molecule has 0 spiro atoms. The van der Waals surface area contributed by atoms with Crippen molar-refractivity contribution in [3.05, 3.63) is 39.9 Å². The van der Waals surface area contributed by atoms with E-state index in [4.69, 9.17) is 10.00 Å². The second-order valence-corrected chi connectivity index (χ2v) is 5.48. The summed E-state index contributed by atoms with van der Waals surface area (Å²) in [6, 6.07) is 9.35. The number of carbonyl (C=O) groups is 1. The first-order valence-electron chi connectivity index (χ1n) is 6.46. The van der Waals surface area contributed by atoms with E-state index in [9.17, 15) is 4.79 Å². The molecule has 104 valence electrons. The maximum atomic E-state index is 11.9. The quantitative estimate of drug-likeness (QED) is 0.680. The molecule has 1 aromatic carbocycles. The molecule has 1 fully saturated rings. The molecule has 5 heteroatoms. The Labute approximate surface area is 126 Å². The lowest BCUT2D eigenvalue weighted by Crippen LogP contribution is -2.32. The number of amides is 1. The van der Waals surface area contributed by atoms with Crippen molar-refractivity contribution in [3.8, 4) is 6.07 Å². The lowest BCUT2D eigenvalue weighted by atomic mass is 10.1. The van der Waals surface area contributed by atoms with Crippen LogP contribution in [0.5, 0.6) is 0 Å². The van der Waals surface area contributed by atoms with Crippen molar-refractivity contribution in [1.82, 2.24) is 5.32 Å². The van der Waals surface area contributed by atoms with Gasteiger partial charge in [-0.15, -0.1) is 0 Å². The zero-order valence-electron chi connectivity index (χ0n) is 10.9. The van der Waals surface area contributed by atoms with E-state index in [0.717, 1.165) is 29.5 Å². The number of nitriles is 1. The lowest BCUT2D eigenvalue weighted by molar-refractivity contribution is -0.117. The molecule has 0 unspecified atom stereocenters. The Morgan fingerprint density at radius 2 is 2.25 bits per heavy atom. The van der Waals surface area contributed by atoms with Crippen LogP contribution in [-0.4, -0.2) is 25.2 Å². The Kier molecular flexibility index (Phi) is 5.33. The highest BCUT2D eigenvalue weighted by atomic mass is 79.9. The first-order valence-corrected chi connectivity index (χ1v) is 7.25. The van der Waals surface area contributed by atoms with Crippen LogP contribution in [-0.2, 0) is 9.53 Å². The van der Waals surface area contributed by atoms with Crippen LogP contribution in [0.15, 0.2) is 34.3 Å². The van der Waals surface area contributed by atoms with E-state index < -0.39 is 0 Å². The van der Waals surface area contributed by atoms with Gasteiger partial charge in [-0.2, -0.15) is 5.26 Å². The van der Waals surface area contributed by atoms with Gasteiger partial charge in [0.1, 0.15) is 11.6 Å². The standard InChI is InChI=1S/C15H15BrN2O2/c16-13-5-3-11(4-6-13)8-12(9-17)15(19)18-10-14-2-1-7-20-14/h3-6,8,14H,1-2,7,10H2,(H,18,19)/b12-8+/t14-/m0/s1. The van der Waals surface area contributed by atoms with Crippen molar-refractivity contribution in [1.29, 1.82) is 5.26 Å². The monoisotopic (exact) mass is 334 g/mol. The van der Waals surface area contributed by atoms with E-state index >= 15 is 0 Å². The molecule has 0 aliphatic carbocycles. The Bertz CT molecular complexity index is 540. The predicted octanol–water partition coefficient (Wildman–Crippen LogP) is 2.65. The molecular formula is C15H15BrN2O2. The van der Waals surface area contributed by atoms with Crippen molar-refractivity contribution in [2.24, 2.45) is 0 Å². The third-order valence-corrected chi connectivity index (χ3v) is 3.59. The molecule has 1 aromatic rings. The second kappa shape index (κ2) is 7.22. The van der Waals surface area contributed by atoms with Gasteiger partial charge in [0.05, 0.1) is 6.10 Å². The number of carbonyl (C=O) groups excluding carboxylic acids is 1. The number of hydrogen-bond donors (Lipinski definition) is 1. The van der Waals surface area contributed by atoms with Gasteiger partial charge in [-0.05, 0) is 36.6 Å². The summed E-state index contributed by atoms with van der Waals surface area (Å²) in [6.07, 6.45) is 3.64. The van der Waals surface area contributed by atoms with Gasteiger partial charge in [0, 0.05) is 17.6 Å². The van der Waals surface area contributed by atoms with Gasteiger partial charge in [0.2, 0.25) is 0 Å². The SMILES string of the molecule is N#C/C(=C\c1ccc(Br)cc1)C(=O)NC[C@@H]1CCCO1. The van der Waals surface area contributed by atoms with Crippen LogP contribution >= 0.6 is 15.9 Å². The van der Waals surface area contributed by atoms with Gasteiger partial charge in [0.25, 0.3) is 5.91 Å². The van der Waals surface area contributed by atoms with Crippen molar-refractivity contribution >= 4 is 27.9 Å². The molecule has 1 heterocycles. The van der Waals surface area contributed by atoms with Crippen LogP contribution in [0, 0.1) is 11.3 Å². The summed E-state index contributed by atoms with van der Waals surface area (Å²) in [5.74, 6) is -0.356. The number of halogens is 1. The number of ether oxygens (including phenoxy) is 1. The summed E-state index contributed by atoms with van der Waals surface area (Å²) < 4.78 is 6.38.